The van der Waals surface area contributed by atoms with Gasteiger partial charge < -0.3 is 15.8 Å². The average molecular weight is 231 g/mol. The monoisotopic (exact) mass is 231 g/mol. The Bertz CT molecular complexity index is 607. The van der Waals surface area contributed by atoms with Crippen LogP contribution in [0.4, 0.5) is 5.13 Å². The summed E-state index contributed by atoms with van der Waals surface area (Å²) in [5, 5.41) is 9.77. The lowest BCUT2D eigenvalue weighted by Crippen LogP contribution is -1.81. The number of aromatic hydroxyl groups is 1. The van der Waals surface area contributed by atoms with E-state index in [0.29, 0.717) is 5.13 Å². The molecule has 0 saturated heterocycles. The van der Waals surface area contributed by atoms with Crippen LogP contribution in [0.5, 0.6) is 5.75 Å². The molecule has 80 valence electrons. The van der Waals surface area contributed by atoms with Crippen LogP contribution in [0.2, 0.25) is 0 Å². The van der Waals surface area contributed by atoms with E-state index < -0.39 is 0 Å². The van der Waals surface area contributed by atoms with Gasteiger partial charge in [-0.05, 0) is 35.9 Å². The predicted molar refractivity (Wildman–Crippen MR) is 65.5 cm³/mol. The minimum atomic E-state index is 0.263. The van der Waals surface area contributed by atoms with Gasteiger partial charge in [0.25, 0.3) is 0 Å². The van der Waals surface area contributed by atoms with Crippen molar-refractivity contribution in [3.05, 3.63) is 30.3 Å². The lowest BCUT2D eigenvalue weighted by Gasteiger charge is -1.97. The number of aromatic nitrogens is 2. The number of phenols is 1. The second-order valence-corrected chi connectivity index (χ2v) is 4.56. The third kappa shape index (κ3) is 1.42. The van der Waals surface area contributed by atoms with Gasteiger partial charge in [0.05, 0.1) is 4.70 Å². The third-order valence-corrected chi connectivity index (χ3v) is 3.21. The zero-order chi connectivity index (χ0) is 11.1. The summed E-state index contributed by atoms with van der Waals surface area (Å²) in [6.45, 7) is 0. The summed E-state index contributed by atoms with van der Waals surface area (Å²) in [6.07, 6.45) is 0. The Morgan fingerprint density at radius 3 is 2.69 bits per heavy atom. The first-order valence-electron chi connectivity index (χ1n) is 4.77. The molecule has 2 heterocycles. The molecule has 0 bridgehead atoms. The number of thiazole rings is 1. The van der Waals surface area contributed by atoms with Gasteiger partial charge >= 0.3 is 0 Å². The number of nitrogens with two attached hydrogens (primary N) is 1. The van der Waals surface area contributed by atoms with Crippen molar-refractivity contribution in [2.75, 3.05) is 5.73 Å². The van der Waals surface area contributed by atoms with Gasteiger partial charge in [0.1, 0.15) is 5.75 Å². The molecule has 3 rings (SSSR count). The molecule has 0 aliphatic carbocycles. The van der Waals surface area contributed by atoms with Crippen LogP contribution < -0.4 is 5.73 Å². The molecule has 2 aromatic heterocycles. The second-order valence-electron chi connectivity index (χ2n) is 3.49. The maximum atomic E-state index is 9.20. The molecule has 0 saturated carbocycles. The molecule has 0 aliphatic heterocycles. The number of hydrogen-bond donors (Lipinski definition) is 3. The SMILES string of the molecule is Nc1nc2[nH]c(-c3ccc(O)cc3)cc2s1. The fraction of sp³-hybridized carbons (Fsp3) is 0. The van der Waals surface area contributed by atoms with Gasteiger partial charge in [0.2, 0.25) is 0 Å². The number of nitrogen functional groups attached to an aromatic ring is 1. The number of fused-ring (bicyclic) bond motifs is 1. The van der Waals surface area contributed by atoms with Crippen LogP contribution in [0.1, 0.15) is 0 Å². The maximum Gasteiger partial charge on any atom is 0.182 e. The van der Waals surface area contributed by atoms with Crippen molar-refractivity contribution < 1.29 is 5.11 Å². The Morgan fingerprint density at radius 1 is 1.25 bits per heavy atom. The summed E-state index contributed by atoms with van der Waals surface area (Å²) in [5.74, 6) is 0.263. The molecular formula is C11H9N3OS. The van der Waals surface area contributed by atoms with E-state index in [1.54, 1.807) is 12.1 Å². The van der Waals surface area contributed by atoms with Crippen LogP contribution >= 0.6 is 11.3 Å². The first-order chi connectivity index (χ1) is 7.72. The van der Waals surface area contributed by atoms with Crippen molar-refractivity contribution >= 4 is 26.8 Å². The Balaban J connectivity index is 2.11. The van der Waals surface area contributed by atoms with Crippen LogP contribution in [0.3, 0.4) is 0 Å². The van der Waals surface area contributed by atoms with E-state index >= 15 is 0 Å². The number of rotatable bonds is 1. The van der Waals surface area contributed by atoms with Crippen LogP contribution in [0.15, 0.2) is 30.3 Å². The summed E-state index contributed by atoms with van der Waals surface area (Å²) >= 11 is 1.46. The first-order valence-corrected chi connectivity index (χ1v) is 5.58. The smallest absolute Gasteiger partial charge is 0.182 e. The standard InChI is InChI=1S/C11H9N3OS/c12-11-14-10-9(16-11)5-8(13-10)6-1-3-7(15)4-2-6/h1-5,13,15H,(H2,12,14). The minimum Gasteiger partial charge on any atom is -0.508 e. The second kappa shape index (κ2) is 3.24. The van der Waals surface area contributed by atoms with E-state index in [-0.39, 0.29) is 5.75 Å². The van der Waals surface area contributed by atoms with E-state index in [0.717, 1.165) is 21.6 Å². The summed E-state index contributed by atoms with van der Waals surface area (Å²) in [5.41, 5.74) is 8.40. The number of nitrogens with one attached hydrogen (secondary N) is 1. The minimum absolute atomic E-state index is 0.263. The number of aromatic amines is 1. The molecule has 16 heavy (non-hydrogen) atoms. The number of benzene rings is 1. The predicted octanol–water partition coefficient (Wildman–Crippen LogP) is 2.58. The van der Waals surface area contributed by atoms with Crippen molar-refractivity contribution in [3.8, 4) is 17.0 Å². The number of H-pyrrole nitrogens is 1. The Labute approximate surface area is 95.4 Å². The summed E-state index contributed by atoms with van der Waals surface area (Å²) in [6, 6.07) is 9.04. The molecule has 0 amide bonds. The van der Waals surface area contributed by atoms with Gasteiger partial charge in [-0.25, -0.2) is 4.98 Å². The Morgan fingerprint density at radius 2 is 2.00 bits per heavy atom. The van der Waals surface area contributed by atoms with Crippen LogP contribution in [-0.4, -0.2) is 15.1 Å². The summed E-state index contributed by atoms with van der Waals surface area (Å²) in [7, 11) is 0. The highest BCUT2D eigenvalue weighted by molar-refractivity contribution is 7.22. The molecule has 0 spiro atoms. The molecule has 0 radical (unpaired) electrons. The van der Waals surface area contributed by atoms with Gasteiger partial charge in [-0.15, -0.1) is 0 Å². The quantitative estimate of drug-likeness (QED) is 0.602. The molecule has 0 aliphatic rings. The van der Waals surface area contributed by atoms with Crippen molar-refractivity contribution in [2.45, 2.75) is 0 Å². The fourth-order valence-electron chi connectivity index (χ4n) is 1.63. The van der Waals surface area contributed by atoms with Gasteiger partial charge in [-0.1, -0.05) is 11.3 Å². The highest BCUT2D eigenvalue weighted by atomic mass is 32.1. The van der Waals surface area contributed by atoms with Gasteiger partial charge in [-0.2, -0.15) is 0 Å². The van der Waals surface area contributed by atoms with E-state index in [1.807, 2.05) is 18.2 Å². The molecule has 0 atom stereocenters. The maximum absolute atomic E-state index is 9.20. The molecule has 1 aromatic carbocycles. The number of nitrogens with zero attached hydrogens (tertiary/aromatic N) is 1. The van der Waals surface area contributed by atoms with Crippen molar-refractivity contribution in [2.24, 2.45) is 0 Å². The zero-order valence-electron chi connectivity index (χ0n) is 8.27. The number of phenolic OH excluding ortho intramolecular Hbond substituents is 1. The number of anilines is 1. The van der Waals surface area contributed by atoms with E-state index in [9.17, 15) is 5.11 Å². The highest BCUT2D eigenvalue weighted by Gasteiger charge is 2.07. The molecular weight excluding hydrogens is 222 g/mol. The van der Waals surface area contributed by atoms with Gasteiger partial charge in [-0.3, -0.25) is 0 Å². The van der Waals surface area contributed by atoms with Crippen molar-refractivity contribution in [1.29, 1.82) is 0 Å². The van der Waals surface area contributed by atoms with Crippen LogP contribution in [0.25, 0.3) is 21.6 Å². The summed E-state index contributed by atoms with van der Waals surface area (Å²) < 4.78 is 1.04. The van der Waals surface area contributed by atoms with Crippen molar-refractivity contribution in [3.63, 3.8) is 0 Å². The Hall–Kier alpha value is -2.01. The average Bonchev–Trinajstić information content (AvgIpc) is 2.75. The third-order valence-electron chi connectivity index (χ3n) is 2.38. The van der Waals surface area contributed by atoms with Crippen LogP contribution in [0, 0.1) is 0 Å². The highest BCUT2D eigenvalue weighted by Crippen LogP contribution is 2.29. The molecule has 5 heteroatoms. The molecule has 0 unspecified atom stereocenters. The molecule has 4 N–H and O–H groups in total. The van der Waals surface area contributed by atoms with Crippen LogP contribution in [-0.2, 0) is 0 Å². The first kappa shape index (κ1) is 9.23. The largest absolute Gasteiger partial charge is 0.508 e. The van der Waals surface area contributed by atoms with E-state index in [4.69, 9.17) is 5.73 Å². The molecule has 4 nitrogen and oxygen atoms in total. The van der Waals surface area contributed by atoms with Gasteiger partial charge in [0, 0.05) is 5.69 Å². The molecule has 0 fully saturated rings. The zero-order valence-corrected chi connectivity index (χ0v) is 9.08. The van der Waals surface area contributed by atoms with E-state index in [2.05, 4.69) is 9.97 Å². The number of hydrogen-bond acceptors (Lipinski definition) is 4. The van der Waals surface area contributed by atoms with Crippen molar-refractivity contribution in [1.82, 2.24) is 9.97 Å². The fourth-order valence-corrected chi connectivity index (χ4v) is 2.36. The lowest BCUT2D eigenvalue weighted by atomic mass is 10.1. The van der Waals surface area contributed by atoms with Gasteiger partial charge in [0.15, 0.2) is 10.8 Å². The van der Waals surface area contributed by atoms with E-state index in [1.165, 1.54) is 11.3 Å². The molecule has 3 aromatic rings. The lowest BCUT2D eigenvalue weighted by molar-refractivity contribution is 0.475. The summed E-state index contributed by atoms with van der Waals surface area (Å²) in [4.78, 5) is 7.36. The topological polar surface area (TPSA) is 74.9 Å². The Kier molecular flexibility index (Phi) is 1.87. The normalized spacial score (nSPS) is 11.0.